The maximum atomic E-state index is 8.95. The number of nitrogens with one attached hydrogen (secondary N) is 2. The Hall–Kier alpha value is -3.20. The van der Waals surface area contributed by atoms with Gasteiger partial charge in [-0.05, 0) is 35.4 Å². The van der Waals surface area contributed by atoms with E-state index in [0.717, 1.165) is 11.1 Å². The van der Waals surface area contributed by atoms with Crippen molar-refractivity contribution >= 4 is 5.96 Å². The van der Waals surface area contributed by atoms with Crippen molar-refractivity contribution in [3.8, 4) is 17.6 Å². The average molecular weight is 338 g/mol. The second-order valence-electron chi connectivity index (χ2n) is 5.28. The van der Waals surface area contributed by atoms with Gasteiger partial charge in [0, 0.05) is 20.1 Å². The Morgan fingerprint density at radius 3 is 2.28 bits per heavy atom. The second-order valence-corrected chi connectivity index (χ2v) is 5.28. The SMILES string of the molecule is CN=C(NCc1cccc(C#N)c1)NCc1ccc(OC)c(OC)c1. The summed E-state index contributed by atoms with van der Waals surface area (Å²) in [5.41, 5.74) is 2.72. The number of aliphatic imine (C=N–C) groups is 1. The van der Waals surface area contributed by atoms with Gasteiger partial charge in [0.2, 0.25) is 0 Å². The van der Waals surface area contributed by atoms with Gasteiger partial charge in [0.25, 0.3) is 0 Å². The molecule has 0 saturated carbocycles. The van der Waals surface area contributed by atoms with Gasteiger partial charge in [-0.3, -0.25) is 4.99 Å². The van der Waals surface area contributed by atoms with Crippen molar-refractivity contribution in [2.75, 3.05) is 21.3 Å². The van der Waals surface area contributed by atoms with Crippen LogP contribution in [0.5, 0.6) is 11.5 Å². The Labute approximate surface area is 148 Å². The molecule has 0 amide bonds. The molecule has 0 saturated heterocycles. The molecule has 25 heavy (non-hydrogen) atoms. The number of hydrogen-bond donors (Lipinski definition) is 2. The summed E-state index contributed by atoms with van der Waals surface area (Å²) in [6.45, 7) is 1.18. The van der Waals surface area contributed by atoms with Crippen LogP contribution in [-0.4, -0.2) is 27.2 Å². The highest BCUT2D eigenvalue weighted by atomic mass is 16.5. The number of rotatable bonds is 6. The zero-order chi connectivity index (χ0) is 18.1. The Morgan fingerprint density at radius 1 is 1.00 bits per heavy atom. The maximum absolute atomic E-state index is 8.95. The van der Waals surface area contributed by atoms with E-state index in [1.165, 1.54) is 0 Å². The first-order valence-electron chi connectivity index (χ1n) is 7.84. The molecule has 0 radical (unpaired) electrons. The molecule has 0 aromatic heterocycles. The van der Waals surface area contributed by atoms with Gasteiger partial charge in [-0.25, -0.2) is 0 Å². The van der Waals surface area contributed by atoms with E-state index in [1.807, 2.05) is 36.4 Å². The predicted octanol–water partition coefficient (Wildman–Crippen LogP) is 2.44. The van der Waals surface area contributed by atoms with Gasteiger partial charge < -0.3 is 20.1 Å². The van der Waals surface area contributed by atoms with Crippen LogP contribution in [0.4, 0.5) is 0 Å². The lowest BCUT2D eigenvalue weighted by Gasteiger charge is -2.13. The minimum atomic E-state index is 0.584. The quantitative estimate of drug-likeness (QED) is 0.625. The van der Waals surface area contributed by atoms with Crippen LogP contribution < -0.4 is 20.1 Å². The summed E-state index contributed by atoms with van der Waals surface area (Å²) in [6, 6.07) is 15.4. The third-order valence-electron chi connectivity index (χ3n) is 3.65. The van der Waals surface area contributed by atoms with Gasteiger partial charge in [0.1, 0.15) is 0 Å². The number of nitriles is 1. The molecule has 6 nitrogen and oxygen atoms in total. The molecule has 2 N–H and O–H groups in total. The van der Waals surface area contributed by atoms with Gasteiger partial charge >= 0.3 is 0 Å². The summed E-state index contributed by atoms with van der Waals surface area (Å²) < 4.78 is 10.6. The third kappa shape index (κ3) is 5.15. The van der Waals surface area contributed by atoms with Gasteiger partial charge in [0.05, 0.1) is 25.9 Å². The van der Waals surface area contributed by atoms with Crippen molar-refractivity contribution in [1.29, 1.82) is 5.26 Å². The Morgan fingerprint density at radius 2 is 1.68 bits per heavy atom. The van der Waals surface area contributed by atoms with E-state index in [4.69, 9.17) is 14.7 Å². The van der Waals surface area contributed by atoms with E-state index in [0.29, 0.717) is 36.1 Å². The van der Waals surface area contributed by atoms with Crippen LogP contribution in [0.15, 0.2) is 47.5 Å². The van der Waals surface area contributed by atoms with Gasteiger partial charge in [0.15, 0.2) is 17.5 Å². The fourth-order valence-electron chi connectivity index (χ4n) is 2.33. The molecule has 6 heteroatoms. The van der Waals surface area contributed by atoms with Crippen LogP contribution in [0.2, 0.25) is 0 Å². The van der Waals surface area contributed by atoms with Crippen LogP contribution in [0.1, 0.15) is 16.7 Å². The number of methoxy groups -OCH3 is 2. The highest BCUT2D eigenvalue weighted by molar-refractivity contribution is 5.79. The molecule has 0 aliphatic carbocycles. The first-order valence-corrected chi connectivity index (χ1v) is 7.84. The largest absolute Gasteiger partial charge is 0.493 e. The van der Waals surface area contributed by atoms with Gasteiger partial charge in [-0.15, -0.1) is 0 Å². The van der Waals surface area contributed by atoms with Crippen LogP contribution in [0, 0.1) is 11.3 Å². The fraction of sp³-hybridized carbons (Fsp3) is 0.263. The second kappa shape index (κ2) is 9.18. The van der Waals surface area contributed by atoms with Crippen molar-refractivity contribution in [3.63, 3.8) is 0 Å². The zero-order valence-corrected chi connectivity index (χ0v) is 14.7. The number of hydrogen-bond acceptors (Lipinski definition) is 4. The summed E-state index contributed by atoms with van der Waals surface area (Å²) in [5.74, 6) is 2.07. The molecule has 130 valence electrons. The summed E-state index contributed by atoms with van der Waals surface area (Å²) in [6.07, 6.45) is 0. The maximum Gasteiger partial charge on any atom is 0.191 e. The van der Waals surface area contributed by atoms with E-state index >= 15 is 0 Å². The zero-order valence-electron chi connectivity index (χ0n) is 14.7. The number of guanidine groups is 1. The lowest BCUT2D eigenvalue weighted by molar-refractivity contribution is 0.354. The Balaban J connectivity index is 1.93. The molecule has 0 atom stereocenters. The summed E-state index contributed by atoms with van der Waals surface area (Å²) in [7, 11) is 4.95. The van der Waals surface area contributed by atoms with E-state index in [1.54, 1.807) is 27.3 Å². The van der Waals surface area contributed by atoms with Gasteiger partial charge in [-0.1, -0.05) is 18.2 Å². The van der Waals surface area contributed by atoms with E-state index < -0.39 is 0 Å². The van der Waals surface area contributed by atoms with Crippen molar-refractivity contribution in [2.45, 2.75) is 13.1 Å². The van der Waals surface area contributed by atoms with Crippen LogP contribution in [0.25, 0.3) is 0 Å². The van der Waals surface area contributed by atoms with Crippen LogP contribution in [-0.2, 0) is 13.1 Å². The summed E-state index contributed by atoms with van der Waals surface area (Å²) >= 11 is 0. The van der Waals surface area contributed by atoms with E-state index in [2.05, 4.69) is 21.7 Å². The number of ether oxygens (including phenoxy) is 2. The average Bonchev–Trinajstić information content (AvgIpc) is 2.68. The first kappa shape index (κ1) is 18.1. The van der Waals surface area contributed by atoms with Gasteiger partial charge in [-0.2, -0.15) is 5.26 Å². The summed E-state index contributed by atoms with van der Waals surface area (Å²) in [5, 5.41) is 15.4. The van der Waals surface area contributed by atoms with Crippen molar-refractivity contribution in [2.24, 2.45) is 4.99 Å². The molecule has 0 spiro atoms. The standard InChI is InChI=1S/C19H22N4O2/c1-21-19(22-12-15-6-4-5-14(9-15)11-20)23-13-16-7-8-17(24-2)18(10-16)25-3/h4-10H,12-13H2,1-3H3,(H2,21,22,23). The third-order valence-corrected chi connectivity index (χ3v) is 3.65. The molecule has 0 unspecified atom stereocenters. The predicted molar refractivity (Wildman–Crippen MR) is 97.7 cm³/mol. The minimum absolute atomic E-state index is 0.584. The molecule has 2 aromatic carbocycles. The number of benzene rings is 2. The fourth-order valence-corrected chi connectivity index (χ4v) is 2.33. The highest BCUT2D eigenvalue weighted by Gasteiger charge is 2.05. The smallest absolute Gasteiger partial charge is 0.191 e. The Kier molecular flexibility index (Phi) is 6.66. The molecule has 0 heterocycles. The molecule has 0 bridgehead atoms. The molecule has 0 aliphatic heterocycles. The summed E-state index contributed by atoms with van der Waals surface area (Å²) in [4.78, 5) is 4.21. The monoisotopic (exact) mass is 338 g/mol. The topological polar surface area (TPSA) is 78.7 Å². The lowest BCUT2D eigenvalue weighted by Crippen LogP contribution is -2.36. The molecule has 0 fully saturated rings. The molecular weight excluding hydrogens is 316 g/mol. The van der Waals surface area contributed by atoms with Crippen LogP contribution >= 0.6 is 0 Å². The molecule has 2 rings (SSSR count). The normalized spacial score (nSPS) is 10.7. The number of nitrogens with zero attached hydrogens (tertiary/aromatic N) is 2. The first-order chi connectivity index (χ1) is 12.2. The Bertz CT molecular complexity index is 781. The van der Waals surface area contributed by atoms with Crippen LogP contribution in [0.3, 0.4) is 0 Å². The lowest BCUT2D eigenvalue weighted by atomic mass is 10.1. The van der Waals surface area contributed by atoms with Crippen molar-refractivity contribution in [3.05, 3.63) is 59.2 Å². The van der Waals surface area contributed by atoms with E-state index in [-0.39, 0.29) is 0 Å². The molecule has 2 aromatic rings. The van der Waals surface area contributed by atoms with Crippen molar-refractivity contribution in [1.82, 2.24) is 10.6 Å². The molecule has 0 aliphatic rings. The highest BCUT2D eigenvalue weighted by Crippen LogP contribution is 2.27. The minimum Gasteiger partial charge on any atom is -0.493 e. The van der Waals surface area contributed by atoms with Crippen molar-refractivity contribution < 1.29 is 9.47 Å². The molecular formula is C19H22N4O2. The van der Waals surface area contributed by atoms with E-state index in [9.17, 15) is 0 Å².